The zero-order valence-electron chi connectivity index (χ0n) is 24.2. The minimum absolute atomic E-state index is 0. The number of aromatic nitrogens is 3. The molecule has 2 aromatic carbocycles. The zero-order chi connectivity index (χ0) is 28.6. The van der Waals surface area contributed by atoms with Gasteiger partial charge >= 0.3 is 6.03 Å². The number of piperazine rings is 1. The normalized spacial score (nSPS) is 14.7. The third-order valence-electron chi connectivity index (χ3n) is 7.27. The van der Waals surface area contributed by atoms with Gasteiger partial charge in [0.1, 0.15) is 18.1 Å². The van der Waals surface area contributed by atoms with Gasteiger partial charge in [-0.15, -0.1) is 12.4 Å². The summed E-state index contributed by atoms with van der Waals surface area (Å²) in [5, 5.41) is 9.47. The lowest BCUT2D eigenvalue weighted by molar-refractivity contribution is 0.134. The number of ether oxygens (including phenoxy) is 1. The van der Waals surface area contributed by atoms with Crippen LogP contribution in [0, 0.1) is 0 Å². The van der Waals surface area contributed by atoms with Crippen LogP contribution in [0.5, 0.6) is 5.75 Å². The fourth-order valence-corrected chi connectivity index (χ4v) is 5.80. The van der Waals surface area contributed by atoms with Crippen LogP contribution in [0.2, 0.25) is 0 Å². The number of hydrogen-bond acceptors (Lipinski definition) is 8. The highest BCUT2D eigenvalue weighted by Crippen LogP contribution is 2.32. The molecule has 0 spiro atoms. The smallest absolute Gasteiger partial charge is 0.324 e. The number of likely N-dealkylation sites (N-methyl/N-ethyl adjacent to an activating group) is 1. The Morgan fingerprint density at radius 2 is 1.81 bits per heavy atom. The second-order valence-corrected chi connectivity index (χ2v) is 12.5. The summed E-state index contributed by atoms with van der Waals surface area (Å²) in [6.45, 7) is 12.1. The number of hydrogen-bond donors (Lipinski definition) is 2. The van der Waals surface area contributed by atoms with Gasteiger partial charge in [-0.25, -0.2) is 9.78 Å². The molecule has 1 aliphatic heterocycles. The lowest BCUT2D eigenvalue weighted by Gasteiger charge is -2.32. The monoisotopic (exact) mass is 609 g/mol. The minimum atomic E-state index is -0.386. The van der Waals surface area contributed by atoms with Crippen LogP contribution < -0.4 is 15.4 Å². The van der Waals surface area contributed by atoms with Crippen molar-refractivity contribution >= 4 is 56.5 Å². The van der Waals surface area contributed by atoms with E-state index in [-0.39, 0.29) is 23.9 Å². The van der Waals surface area contributed by atoms with Gasteiger partial charge in [-0.05, 0) is 37.4 Å². The maximum absolute atomic E-state index is 12.4. The summed E-state index contributed by atoms with van der Waals surface area (Å²) in [6, 6.07) is 15.2. The van der Waals surface area contributed by atoms with E-state index in [2.05, 4.69) is 55.4 Å². The number of nitrogens with one attached hydrogen (secondary N) is 2. The molecule has 12 heteroatoms. The second kappa shape index (κ2) is 12.3. The van der Waals surface area contributed by atoms with Gasteiger partial charge in [0, 0.05) is 61.7 Å². The van der Waals surface area contributed by atoms with E-state index in [1.165, 1.54) is 0 Å². The molecule has 10 nitrogen and oxygen atoms in total. The Bertz CT molecular complexity index is 1660. The molecule has 0 aliphatic carbocycles. The molecule has 222 valence electrons. The Morgan fingerprint density at radius 3 is 2.52 bits per heavy atom. The number of fused-ring (bicyclic) bond motifs is 3. The van der Waals surface area contributed by atoms with Crippen molar-refractivity contribution in [1.82, 2.24) is 24.3 Å². The number of thiazole rings is 1. The number of nitrogens with zero attached hydrogens (tertiary/aromatic N) is 5. The highest BCUT2D eigenvalue weighted by Gasteiger charge is 2.20. The molecule has 6 rings (SSSR count). The molecule has 2 N–H and O–H groups in total. The quantitative estimate of drug-likeness (QED) is 0.227. The number of benzene rings is 2. The summed E-state index contributed by atoms with van der Waals surface area (Å²) < 4.78 is 14.7. The number of carbonyl (C=O) groups excluding carboxylic acids is 1. The summed E-state index contributed by atoms with van der Waals surface area (Å²) >= 11 is 1.65. The third-order valence-corrected chi connectivity index (χ3v) is 8.28. The first-order valence-corrected chi connectivity index (χ1v) is 14.6. The first-order chi connectivity index (χ1) is 19.7. The van der Waals surface area contributed by atoms with E-state index in [1.54, 1.807) is 17.4 Å². The average Bonchev–Trinajstić information content (AvgIpc) is 3.65. The fraction of sp³-hybridized carbons (Fsp3) is 0.367. The van der Waals surface area contributed by atoms with E-state index in [4.69, 9.17) is 14.2 Å². The van der Waals surface area contributed by atoms with E-state index >= 15 is 0 Å². The predicted octanol–water partition coefficient (Wildman–Crippen LogP) is 6.19. The molecule has 0 bridgehead atoms. The molecule has 4 heterocycles. The van der Waals surface area contributed by atoms with Crippen LogP contribution in [0.25, 0.3) is 26.4 Å². The average molecular weight is 610 g/mol. The van der Waals surface area contributed by atoms with Gasteiger partial charge in [0.2, 0.25) is 0 Å². The highest BCUT2D eigenvalue weighted by molar-refractivity contribution is 7.23. The predicted molar refractivity (Wildman–Crippen MR) is 171 cm³/mol. The number of imidazole rings is 1. The standard InChI is InChI=1S/C30H35N7O3S.ClH/c1-30(2,3)26-18-27(34-40-26)33-28(38)31-21-7-5-20(6-8-21)23-19-37-24-10-9-22(17-25(24)41-29(37)32-23)39-16-15-36-13-11-35(4)12-14-36;/h5-10,17-19H,11-16H2,1-4H3,(H2,31,33,34,38);1H. The minimum Gasteiger partial charge on any atom is -0.492 e. The van der Waals surface area contributed by atoms with Crippen molar-refractivity contribution in [3.05, 3.63) is 60.5 Å². The van der Waals surface area contributed by atoms with Crippen LogP contribution in [0.15, 0.2) is 59.3 Å². The van der Waals surface area contributed by atoms with Crippen molar-refractivity contribution in [1.29, 1.82) is 0 Å². The van der Waals surface area contributed by atoms with E-state index < -0.39 is 0 Å². The van der Waals surface area contributed by atoms with E-state index in [0.717, 1.165) is 64.9 Å². The maximum atomic E-state index is 12.4. The number of urea groups is 1. The Hall–Kier alpha value is -3.64. The summed E-state index contributed by atoms with van der Waals surface area (Å²) in [6.07, 6.45) is 2.05. The molecule has 3 aromatic heterocycles. The van der Waals surface area contributed by atoms with Crippen LogP contribution in [-0.2, 0) is 5.41 Å². The number of rotatable bonds is 7. The summed E-state index contributed by atoms with van der Waals surface area (Å²) in [4.78, 5) is 23.0. The van der Waals surface area contributed by atoms with Crippen molar-refractivity contribution in [3.63, 3.8) is 0 Å². The number of carbonyl (C=O) groups is 1. The SMILES string of the molecule is CN1CCN(CCOc2ccc3c(c2)sc2nc(-c4ccc(NC(=O)Nc5cc(C(C)(C)C)on5)cc4)cn23)CC1.Cl. The molecule has 2 amide bonds. The van der Waals surface area contributed by atoms with Crippen molar-refractivity contribution in [3.8, 4) is 17.0 Å². The molecule has 0 radical (unpaired) electrons. The van der Waals surface area contributed by atoms with Crippen LogP contribution in [0.3, 0.4) is 0 Å². The molecular formula is C30H36ClN7O3S. The molecule has 5 aromatic rings. The van der Waals surface area contributed by atoms with Gasteiger partial charge in [-0.1, -0.05) is 49.4 Å². The highest BCUT2D eigenvalue weighted by atomic mass is 35.5. The zero-order valence-corrected chi connectivity index (χ0v) is 25.8. The van der Waals surface area contributed by atoms with Crippen LogP contribution in [0.4, 0.5) is 16.3 Å². The number of amides is 2. The first kappa shape index (κ1) is 29.8. The second-order valence-electron chi connectivity index (χ2n) is 11.5. The maximum Gasteiger partial charge on any atom is 0.324 e. The Balaban J connectivity index is 0.00000353. The van der Waals surface area contributed by atoms with Crippen molar-refractivity contribution in [2.24, 2.45) is 0 Å². The van der Waals surface area contributed by atoms with E-state index in [9.17, 15) is 4.79 Å². The van der Waals surface area contributed by atoms with Crippen molar-refractivity contribution in [2.45, 2.75) is 26.2 Å². The van der Waals surface area contributed by atoms with Crippen molar-refractivity contribution in [2.75, 3.05) is 57.0 Å². The van der Waals surface area contributed by atoms with E-state index in [0.29, 0.717) is 23.9 Å². The molecule has 1 saturated heterocycles. The Labute approximate surface area is 255 Å². The summed E-state index contributed by atoms with van der Waals surface area (Å²) in [5.74, 6) is 1.97. The van der Waals surface area contributed by atoms with Gasteiger partial charge in [0.25, 0.3) is 0 Å². The van der Waals surface area contributed by atoms with Gasteiger partial charge < -0.3 is 19.5 Å². The first-order valence-electron chi connectivity index (χ1n) is 13.8. The Kier molecular flexibility index (Phi) is 8.74. The van der Waals surface area contributed by atoms with E-state index in [1.807, 2.05) is 51.1 Å². The molecule has 0 unspecified atom stereocenters. The van der Waals surface area contributed by atoms with Crippen LogP contribution in [-0.4, -0.2) is 76.8 Å². The van der Waals surface area contributed by atoms with Crippen LogP contribution in [0.1, 0.15) is 26.5 Å². The van der Waals surface area contributed by atoms with Crippen molar-refractivity contribution < 1.29 is 14.1 Å². The summed E-state index contributed by atoms with van der Waals surface area (Å²) in [5.41, 5.74) is 3.42. The molecule has 1 fully saturated rings. The topological polar surface area (TPSA) is 100 Å². The van der Waals surface area contributed by atoms with Gasteiger partial charge in [0.15, 0.2) is 10.8 Å². The fourth-order valence-electron chi connectivity index (χ4n) is 4.76. The van der Waals surface area contributed by atoms with Gasteiger partial charge in [0.05, 0.1) is 15.9 Å². The molecule has 42 heavy (non-hydrogen) atoms. The van der Waals surface area contributed by atoms with Gasteiger partial charge in [-0.2, -0.15) is 0 Å². The van der Waals surface area contributed by atoms with Gasteiger partial charge in [-0.3, -0.25) is 14.6 Å². The lowest BCUT2D eigenvalue weighted by atomic mass is 9.93. The number of anilines is 2. The molecule has 1 aliphatic rings. The lowest BCUT2D eigenvalue weighted by Crippen LogP contribution is -2.45. The molecule has 0 saturated carbocycles. The molecule has 0 atom stereocenters. The number of halogens is 1. The largest absolute Gasteiger partial charge is 0.492 e. The third kappa shape index (κ3) is 6.70. The molecular weight excluding hydrogens is 574 g/mol. The Morgan fingerprint density at radius 1 is 1.05 bits per heavy atom. The van der Waals surface area contributed by atoms with Crippen LogP contribution >= 0.6 is 23.7 Å². The summed E-state index contributed by atoms with van der Waals surface area (Å²) in [7, 11) is 2.17.